The lowest BCUT2D eigenvalue weighted by atomic mass is 9.80. The number of Topliss-reactive ketones (excluding diaryl/α,β-unsaturated/α-hetero) is 1. The van der Waals surface area contributed by atoms with Gasteiger partial charge < -0.3 is 9.47 Å². The molecule has 0 spiro atoms. The monoisotopic (exact) mass is 521 g/mol. The van der Waals surface area contributed by atoms with Crippen LogP contribution in [0.5, 0.6) is 0 Å². The molecule has 0 saturated carbocycles. The maximum absolute atomic E-state index is 14.1. The molecule has 0 N–H and O–H groups in total. The van der Waals surface area contributed by atoms with E-state index in [2.05, 4.69) is 24.3 Å². The fraction of sp³-hybridized carbons (Fsp3) is 0.333. The van der Waals surface area contributed by atoms with Crippen LogP contribution in [0.15, 0.2) is 66.7 Å². The molecule has 1 aliphatic carbocycles. The average molecular weight is 522 g/mol. The van der Waals surface area contributed by atoms with Gasteiger partial charge in [0.25, 0.3) is 6.43 Å². The summed E-state index contributed by atoms with van der Waals surface area (Å²) in [5.74, 6) is -1.93. The van der Waals surface area contributed by atoms with Crippen molar-refractivity contribution in [3.63, 3.8) is 0 Å². The van der Waals surface area contributed by atoms with Crippen molar-refractivity contribution in [2.45, 2.75) is 37.3 Å². The topological polar surface area (TPSA) is 55.8 Å². The smallest absolute Gasteiger partial charge is 0.410 e. The Morgan fingerprint density at radius 2 is 1.53 bits per heavy atom. The summed E-state index contributed by atoms with van der Waals surface area (Å²) in [4.78, 5) is 28.2. The van der Waals surface area contributed by atoms with Crippen LogP contribution in [0.25, 0.3) is 11.1 Å². The van der Waals surface area contributed by atoms with Gasteiger partial charge in [0.2, 0.25) is 0 Å². The van der Waals surface area contributed by atoms with E-state index in [0.717, 1.165) is 34.4 Å². The predicted molar refractivity (Wildman–Crippen MR) is 134 cm³/mol. The molecule has 2 saturated heterocycles. The summed E-state index contributed by atoms with van der Waals surface area (Å²) in [5, 5.41) is 0. The van der Waals surface area contributed by atoms with E-state index >= 15 is 0 Å². The SMILES string of the molecule is O=C(c1ccc(C(F)F)c(F)c1)C1CC2COCC(C1)N2C(=O)OCC1c2ccccc2-c2ccccc21. The van der Waals surface area contributed by atoms with Gasteiger partial charge in [0, 0.05) is 17.4 Å². The first-order valence-electron chi connectivity index (χ1n) is 12.7. The summed E-state index contributed by atoms with van der Waals surface area (Å²) < 4.78 is 51.5. The van der Waals surface area contributed by atoms with Crippen LogP contribution in [0.4, 0.5) is 18.0 Å². The summed E-state index contributed by atoms with van der Waals surface area (Å²) >= 11 is 0. The highest BCUT2D eigenvalue weighted by molar-refractivity contribution is 5.98. The lowest BCUT2D eigenvalue weighted by Gasteiger charge is -2.47. The van der Waals surface area contributed by atoms with E-state index in [-0.39, 0.29) is 49.2 Å². The Kier molecular flexibility index (Phi) is 6.43. The van der Waals surface area contributed by atoms with E-state index in [0.29, 0.717) is 12.8 Å². The Hall–Kier alpha value is -3.65. The number of carbonyl (C=O) groups excluding carboxylic acids is 2. The van der Waals surface area contributed by atoms with Crippen LogP contribution in [-0.4, -0.2) is 48.7 Å². The summed E-state index contributed by atoms with van der Waals surface area (Å²) in [7, 11) is 0. The van der Waals surface area contributed by atoms with Crippen molar-refractivity contribution in [3.8, 4) is 11.1 Å². The third-order valence-corrected chi connectivity index (χ3v) is 7.96. The number of benzene rings is 3. The Balaban J connectivity index is 1.15. The van der Waals surface area contributed by atoms with Crippen molar-refractivity contribution in [2.24, 2.45) is 5.92 Å². The fourth-order valence-corrected chi connectivity index (χ4v) is 6.19. The first-order chi connectivity index (χ1) is 18.4. The highest BCUT2D eigenvalue weighted by atomic mass is 19.3. The van der Waals surface area contributed by atoms with Gasteiger partial charge in [-0.2, -0.15) is 0 Å². The summed E-state index contributed by atoms with van der Waals surface area (Å²) in [5.41, 5.74) is 3.87. The second-order valence-electron chi connectivity index (χ2n) is 10.1. The molecule has 0 aromatic heterocycles. The van der Waals surface area contributed by atoms with Crippen LogP contribution in [0.2, 0.25) is 0 Å². The fourth-order valence-electron chi connectivity index (χ4n) is 6.19. The molecule has 2 bridgehead atoms. The largest absolute Gasteiger partial charge is 0.448 e. The number of nitrogens with zero attached hydrogens (tertiary/aromatic N) is 1. The molecule has 8 heteroatoms. The van der Waals surface area contributed by atoms with Crippen molar-refractivity contribution in [2.75, 3.05) is 19.8 Å². The molecule has 0 radical (unpaired) electrons. The van der Waals surface area contributed by atoms with Gasteiger partial charge in [0.05, 0.1) is 30.9 Å². The van der Waals surface area contributed by atoms with E-state index < -0.39 is 29.8 Å². The highest BCUT2D eigenvalue weighted by Gasteiger charge is 2.45. The molecule has 3 aliphatic rings. The highest BCUT2D eigenvalue weighted by Crippen LogP contribution is 2.45. The van der Waals surface area contributed by atoms with Gasteiger partial charge in [-0.05, 0) is 47.2 Å². The second-order valence-corrected chi connectivity index (χ2v) is 10.1. The number of carbonyl (C=O) groups is 2. The molecular weight excluding hydrogens is 495 g/mol. The third kappa shape index (κ3) is 4.26. The number of rotatable bonds is 5. The van der Waals surface area contributed by atoms with Gasteiger partial charge in [-0.3, -0.25) is 9.69 Å². The van der Waals surface area contributed by atoms with Gasteiger partial charge in [-0.1, -0.05) is 54.6 Å². The van der Waals surface area contributed by atoms with Crippen LogP contribution in [0, 0.1) is 11.7 Å². The Bertz CT molecular complexity index is 1330. The lowest BCUT2D eigenvalue weighted by Crippen LogP contribution is -2.60. The zero-order valence-electron chi connectivity index (χ0n) is 20.5. The first kappa shape index (κ1) is 24.7. The Morgan fingerprint density at radius 3 is 2.11 bits per heavy atom. The van der Waals surface area contributed by atoms with E-state index in [1.165, 1.54) is 6.07 Å². The number of hydrogen-bond donors (Lipinski definition) is 0. The molecule has 1 amide bonds. The van der Waals surface area contributed by atoms with Crippen LogP contribution in [0.3, 0.4) is 0 Å². The van der Waals surface area contributed by atoms with E-state index in [1.807, 2.05) is 24.3 Å². The lowest BCUT2D eigenvalue weighted by molar-refractivity contribution is -0.0747. The molecule has 5 nitrogen and oxygen atoms in total. The molecule has 2 atom stereocenters. The maximum atomic E-state index is 14.1. The molecular formula is C30H26F3NO4. The minimum atomic E-state index is -2.95. The normalized spacial score (nSPS) is 22.2. The number of fused-ring (bicyclic) bond motifs is 5. The first-order valence-corrected chi connectivity index (χ1v) is 12.7. The number of halogens is 3. The summed E-state index contributed by atoms with van der Waals surface area (Å²) in [6.07, 6.45) is -2.73. The van der Waals surface area contributed by atoms with Crippen molar-refractivity contribution in [1.82, 2.24) is 4.90 Å². The van der Waals surface area contributed by atoms with Crippen LogP contribution in [-0.2, 0) is 9.47 Å². The molecule has 2 heterocycles. The number of hydrogen-bond acceptors (Lipinski definition) is 4. The molecule has 2 unspecified atom stereocenters. The van der Waals surface area contributed by atoms with Crippen LogP contribution in [0.1, 0.15) is 52.2 Å². The van der Waals surface area contributed by atoms with Gasteiger partial charge in [0.15, 0.2) is 5.78 Å². The van der Waals surface area contributed by atoms with Gasteiger partial charge in [-0.15, -0.1) is 0 Å². The zero-order chi connectivity index (χ0) is 26.4. The molecule has 38 heavy (non-hydrogen) atoms. The number of amides is 1. The summed E-state index contributed by atoms with van der Waals surface area (Å²) in [6.45, 7) is 0.730. The summed E-state index contributed by atoms with van der Waals surface area (Å²) in [6, 6.07) is 18.6. The predicted octanol–water partition coefficient (Wildman–Crippen LogP) is 6.37. The average Bonchev–Trinajstić information content (AvgIpc) is 3.24. The third-order valence-electron chi connectivity index (χ3n) is 7.96. The van der Waals surface area contributed by atoms with Gasteiger partial charge in [0.1, 0.15) is 12.4 Å². The molecule has 2 aliphatic heterocycles. The van der Waals surface area contributed by atoms with E-state index in [1.54, 1.807) is 4.90 Å². The maximum Gasteiger partial charge on any atom is 0.410 e. The number of ketones is 1. The molecule has 3 aromatic rings. The Morgan fingerprint density at radius 1 is 0.921 bits per heavy atom. The number of ether oxygens (including phenoxy) is 2. The Labute approximate surface area is 218 Å². The van der Waals surface area contributed by atoms with Crippen molar-refractivity contribution in [1.29, 1.82) is 0 Å². The van der Waals surface area contributed by atoms with Crippen molar-refractivity contribution in [3.05, 3.63) is 94.8 Å². The van der Waals surface area contributed by atoms with Crippen LogP contribution < -0.4 is 0 Å². The van der Waals surface area contributed by atoms with E-state index in [4.69, 9.17) is 9.47 Å². The van der Waals surface area contributed by atoms with Gasteiger partial charge in [-0.25, -0.2) is 18.0 Å². The van der Waals surface area contributed by atoms with Crippen LogP contribution >= 0.6 is 0 Å². The number of morpholine rings is 1. The number of alkyl halides is 2. The zero-order valence-corrected chi connectivity index (χ0v) is 20.5. The minimum absolute atomic E-state index is 0.0606. The molecule has 6 rings (SSSR count). The van der Waals surface area contributed by atoms with Crippen molar-refractivity contribution >= 4 is 11.9 Å². The van der Waals surface area contributed by atoms with Gasteiger partial charge >= 0.3 is 6.09 Å². The minimum Gasteiger partial charge on any atom is -0.448 e. The second kappa shape index (κ2) is 9.91. The standard InChI is InChI=1S/C30H26F3NO4/c31-27-13-17(9-10-25(27)29(32)33)28(35)18-11-19-14-37-15-20(12-18)34(19)30(36)38-16-26-23-7-3-1-5-21(23)22-6-2-4-8-24(22)26/h1-10,13,18-20,26,29H,11-12,14-16H2. The molecule has 3 aromatic carbocycles. The molecule has 196 valence electrons. The van der Waals surface area contributed by atoms with E-state index in [9.17, 15) is 22.8 Å². The van der Waals surface area contributed by atoms with Crippen molar-refractivity contribution < 1.29 is 32.2 Å². The number of piperidine rings is 1. The molecule has 2 fully saturated rings. The quantitative estimate of drug-likeness (QED) is 0.366.